The lowest BCUT2D eigenvalue weighted by atomic mass is 10.1. The van der Waals surface area contributed by atoms with Crippen molar-refractivity contribution < 1.29 is 0 Å². The Hall–Kier alpha value is -0.830. The van der Waals surface area contributed by atoms with Crippen molar-refractivity contribution in [3.8, 4) is 0 Å². The number of hydrogen-bond donors (Lipinski definition) is 3. The van der Waals surface area contributed by atoms with E-state index in [9.17, 15) is 0 Å². The molecule has 3 heteroatoms. The van der Waals surface area contributed by atoms with Gasteiger partial charge in [-0.2, -0.15) is 0 Å². The first-order valence-corrected chi connectivity index (χ1v) is 3.05. The summed E-state index contributed by atoms with van der Waals surface area (Å²) in [7, 11) is 0. The Morgan fingerprint density at radius 3 is 2.89 bits per heavy atom. The Labute approximate surface area is 54.4 Å². The average molecular weight is 125 g/mol. The van der Waals surface area contributed by atoms with Crippen LogP contribution in [0.5, 0.6) is 0 Å². The number of amidine groups is 1. The van der Waals surface area contributed by atoms with Crippen LogP contribution >= 0.6 is 0 Å². The zero-order chi connectivity index (χ0) is 6.69. The van der Waals surface area contributed by atoms with Crippen LogP contribution in [-0.4, -0.2) is 18.9 Å². The molecule has 1 rings (SSSR count). The third kappa shape index (κ3) is 1.54. The molecule has 0 aromatic carbocycles. The largest absolute Gasteiger partial charge is 0.384 e. The summed E-state index contributed by atoms with van der Waals surface area (Å²) in [6.07, 6.45) is 3.01. The third-order valence-electron chi connectivity index (χ3n) is 1.37. The molecule has 1 heterocycles. The lowest BCUT2D eigenvalue weighted by molar-refractivity contribution is 0.715. The molecule has 0 bridgehead atoms. The van der Waals surface area contributed by atoms with Crippen molar-refractivity contribution in [2.75, 3.05) is 13.1 Å². The smallest absolute Gasteiger partial charge is 0.119 e. The Morgan fingerprint density at radius 1 is 1.78 bits per heavy atom. The van der Waals surface area contributed by atoms with Crippen LogP contribution in [0.15, 0.2) is 11.6 Å². The van der Waals surface area contributed by atoms with Crippen molar-refractivity contribution in [2.45, 2.75) is 6.42 Å². The first-order valence-electron chi connectivity index (χ1n) is 3.05. The lowest BCUT2D eigenvalue weighted by Gasteiger charge is -2.11. The van der Waals surface area contributed by atoms with E-state index in [2.05, 4.69) is 5.32 Å². The lowest BCUT2D eigenvalue weighted by Crippen LogP contribution is -2.28. The molecule has 0 saturated heterocycles. The minimum Gasteiger partial charge on any atom is -0.384 e. The van der Waals surface area contributed by atoms with E-state index in [1.54, 1.807) is 0 Å². The van der Waals surface area contributed by atoms with Crippen molar-refractivity contribution in [3.05, 3.63) is 11.6 Å². The predicted molar refractivity (Wildman–Crippen MR) is 37.5 cm³/mol. The fourth-order valence-electron chi connectivity index (χ4n) is 0.849. The maximum Gasteiger partial charge on any atom is 0.119 e. The molecule has 4 N–H and O–H groups in total. The van der Waals surface area contributed by atoms with Gasteiger partial charge in [-0.1, -0.05) is 6.08 Å². The van der Waals surface area contributed by atoms with Crippen molar-refractivity contribution in [2.24, 2.45) is 5.73 Å². The second kappa shape index (κ2) is 2.64. The monoisotopic (exact) mass is 125 g/mol. The van der Waals surface area contributed by atoms with E-state index in [1.807, 2.05) is 6.08 Å². The van der Waals surface area contributed by atoms with Crippen LogP contribution in [0.25, 0.3) is 0 Å². The van der Waals surface area contributed by atoms with Gasteiger partial charge in [0.1, 0.15) is 5.84 Å². The highest BCUT2D eigenvalue weighted by Crippen LogP contribution is 1.98. The summed E-state index contributed by atoms with van der Waals surface area (Å²) < 4.78 is 0. The van der Waals surface area contributed by atoms with Crippen LogP contribution in [0.3, 0.4) is 0 Å². The van der Waals surface area contributed by atoms with Crippen LogP contribution in [0.4, 0.5) is 0 Å². The van der Waals surface area contributed by atoms with Gasteiger partial charge in [-0.15, -0.1) is 0 Å². The van der Waals surface area contributed by atoms with Crippen molar-refractivity contribution in [3.63, 3.8) is 0 Å². The molecule has 1 aliphatic rings. The van der Waals surface area contributed by atoms with E-state index in [0.717, 1.165) is 25.1 Å². The van der Waals surface area contributed by atoms with Gasteiger partial charge >= 0.3 is 0 Å². The Kier molecular flexibility index (Phi) is 1.85. The molecule has 0 unspecified atom stereocenters. The predicted octanol–water partition coefficient (Wildman–Crippen LogP) is -0.158. The van der Waals surface area contributed by atoms with E-state index in [4.69, 9.17) is 11.1 Å². The fraction of sp³-hybridized carbons (Fsp3) is 0.500. The second-order valence-electron chi connectivity index (χ2n) is 2.11. The van der Waals surface area contributed by atoms with Gasteiger partial charge in [-0.05, 0) is 13.0 Å². The van der Waals surface area contributed by atoms with E-state index >= 15 is 0 Å². The topological polar surface area (TPSA) is 61.9 Å². The van der Waals surface area contributed by atoms with Crippen LogP contribution in [0.2, 0.25) is 0 Å². The SMILES string of the molecule is N=C(N)C1=CCCNC1. The summed E-state index contributed by atoms with van der Waals surface area (Å²) >= 11 is 0. The molecule has 0 atom stereocenters. The van der Waals surface area contributed by atoms with E-state index in [1.165, 1.54) is 0 Å². The van der Waals surface area contributed by atoms with Crippen LogP contribution < -0.4 is 11.1 Å². The molecule has 0 fully saturated rings. The number of hydrogen-bond acceptors (Lipinski definition) is 2. The average Bonchev–Trinajstić information content (AvgIpc) is 1.90. The van der Waals surface area contributed by atoms with Gasteiger partial charge in [0.2, 0.25) is 0 Å². The first kappa shape index (κ1) is 6.29. The zero-order valence-corrected chi connectivity index (χ0v) is 5.28. The summed E-state index contributed by atoms with van der Waals surface area (Å²) in [6.45, 7) is 1.77. The van der Waals surface area contributed by atoms with Gasteiger partial charge in [-0.3, -0.25) is 5.41 Å². The molecule has 0 aromatic heterocycles. The molecule has 50 valence electrons. The number of rotatable bonds is 1. The van der Waals surface area contributed by atoms with Gasteiger partial charge in [-0.25, -0.2) is 0 Å². The van der Waals surface area contributed by atoms with Gasteiger partial charge in [0.25, 0.3) is 0 Å². The van der Waals surface area contributed by atoms with Crippen LogP contribution in [-0.2, 0) is 0 Å². The van der Waals surface area contributed by atoms with E-state index in [-0.39, 0.29) is 5.84 Å². The minimum absolute atomic E-state index is 0.196. The Balaban J connectivity index is 2.57. The van der Waals surface area contributed by atoms with Crippen molar-refractivity contribution in [1.29, 1.82) is 5.41 Å². The zero-order valence-electron chi connectivity index (χ0n) is 5.28. The maximum atomic E-state index is 7.06. The summed E-state index contributed by atoms with van der Waals surface area (Å²) in [5.74, 6) is 0.196. The summed E-state index contributed by atoms with van der Waals surface area (Å²) in [4.78, 5) is 0. The number of nitrogens with one attached hydrogen (secondary N) is 2. The van der Waals surface area contributed by atoms with Crippen molar-refractivity contribution in [1.82, 2.24) is 5.32 Å². The Morgan fingerprint density at radius 2 is 2.56 bits per heavy atom. The molecule has 1 aliphatic heterocycles. The second-order valence-corrected chi connectivity index (χ2v) is 2.11. The van der Waals surface area contributed by atoms with Gasteiger partial charge in [0.05, 0.1) is 0 Å². The molecule has 9 heavy (non-hydrogen) atoms. The standard InChI is InChI=1S/C6H11N3/c7-6(8)5-2-1-3-9-4-5/h2,9H,1,3-4H2,(H3,7,8). The van der Waals surface area contributed by atoms with Gasteiger partial charge in [0.15, 0.2) is 0 Å². The third-order valence-corrected chi connectivity index (χ3v) is 1.37. The molecule has 0 amide bonds. The fourth-order valence-corrected chi connectivity index (χ4v) is 0.849. The molecular formula is C6H11N3. The molecule has 0 radical (unpaired) electrons. The highest BCUT2D eigenvalue weighted by molar-refractivity contribution is 5.94. The van der Waals surface area contributed by atoms with Crippen LogP contribution in [0.1, 0.15) is 6.42 Å². The van der Waals surface area contributed by atoms with Gasteiger partial charge in [0, 0.05) is 12.1 Å². The van der Waals surface area contributed by atoms with Crippen molar-refractivity contribution >= 4 is 5.84 Å². The maximum absolute atomic E-state index is 7.06. The molecule has 3 nitrogen and oxygen atoms in total. The molecule has 0 spiro atoms. The highest BCUT2D eigenvalue weighted by Gasteiger charge is 2.03. The molecule has 0 aliphatic carbocycles. The minimum atomic E-state index is 0.196. The first-order chi connectivity index (χ1) is 4.30. The summed E-state index contributed by atoms with van der Waals surface area (Å²) in [6, 6.07) is 0. The molecule has 0 saturated carbocycles. The molecule has 0 aromatic rings. The Bertz CT molecular complexity index is 148. The van der Waals surface area contributed by atoms with E-state index in [0.29, 0.717) is 0 Å². The molecular weight excluding hydrogens is 114 g/mol. The number of nitrogens with two attached hydrogens (primary N) is 1. The summed E-state index contributed by atoms with van der Waals surface area (Å²) in [5.41, 5.74) is 6.17. The van der Waals surface area contributed by atoms with Crippen LogP contribution in [0, 0.1) is 5.41 Å². The quantitative estimate of drug-likeness (QED) is 0.337. The van der Waals surface area contributed by atoms with E-state index < -0.39 is 0 Å². The summed E-state index contributed by atoms with van der Waals surface area (Å²) in [5, 5.41) is 10.2. The highest BCUT2D eigenvalue weighted by atomic mass is 14.9. The van der Waals surface area contributed by atoms with Gasteiger partial charge < -0.3 is 11.1 Å². The normalized spacial score (nSPS) is 18.9.